The number of benzene rings is 1. The van der Waals surface area contributed by atoms with Gasteiger partial charge in [0.2, 0.25) is 17.6 Å². The van der Waals surface area contributed by atoms with Crippen molar-refractivity contribution >= 4 is 29.2 Å². The smallest absolute Gasteiger partial charge is 0.289 e. The molecule has 1 saturated heterocycles. The lowest BCUT2D eigenvalue weighted by molar-refractivity contribution is -0.142. The van der Waals surface area contributed by atoms with Crippen molar-refractivity contribution < 1.29 is 32.3 Å². The molecule has 4 rings (SSSR count). The molecule has 38 heavy (non-hydrogen) atoms. The molecule has 2 heterocycles. The first-order valence-electron chi connectivity index (χ1n) is 12.1. The van der Waals surface area contributed by atoms with E-state index < -0.39 is 65.3 Å². The van der Waals surface area contributed by atoms with E-state index in [-0.39, 0.29) is 30.2 Å². The van der Waals surface area contributed by atoms with Gasteiger partial charge in [0, 0.05) is 44.0 Å². The molecular formula is C26H28F3N5O4. The Balaban J connectivity index is 1.52. The van der Waals surface area contributed by atoms with Crippen LogP contribution >= 0.6 is 0 Å². The number of rotatable bonds is 9. The van der Waals surface area contributed by atoms with Gasteiger partial charge in [0.1, 0.15) is 23.6 Å². The molecule has 1 unspecified atom stereocenters. The molecule has 1 aliphatic carbocycles. The molecular weight excluding hydrogens is 503 g/mol. The van der Waals surface area contributed by atoms with Gasteiger partial charge in [-0.05, 0) is 29.4 Å². The lowest BCUT2D eigenvalue weighted by atomic mass is 9.99. The number of piperidine rings is 1. The van der Waals surface area contributed by atoms with Crippen molar-refractivity contribution in [1.82, 2.24) is 20.5 Å². The zero-order valence-electron chi connectivity index (χ0n) is 21.1. The molecule has 2 fully saturated rings. The maximum atomic E-state index is 14.0. The molecule has 4 atom stereocenters. The van der Waals surface area contributed by atoms with Crippen LogP contribution in [-0.4, -0.2) is 65.6 Å². The predicted molar refractivity (Wildman–Crippen MR) is 130 cm³/mol. The summed E-state index contributed by atoms with van der Waals surface area (Å²) < 4.78 is 41.2. The summed E-state index contributed by atoms with van der Waals surface area (Å²) >= 11 is 0. The summed E-state index contributed by atoms with van der Waals surface area (Å²) in [4.78, 5) is 57.0. The maximum absolute atomic E-state index is 14.0. The van der Waals surface area contributed by atoms with Crippen LogP contribution in [0, 0.1) is 34.7 Å². The molecule has 0 bridgehead atoms. The fourth-order valence-corrected chi connectivity index (χ4v) is 5.30. The van der Waals surface area contributed by atoms with Crippen molar-refractivity contribution in [3.8, 4) is 0 Å². The summed E-state index contributed by atoms with van der Waals surface area (Å²) in [5.74, 6) is -6.66. The molecule has 1 aromatic heterocycles. The summed E-state index contributed by atoms with van der Waals surface area (Å²) in [5, 5.41) is 7.25. The molecule has 3 amide bonds. The number of nitrogens with zero attached hydrogens (tertiary/aromatic N) is 2. The Morgan fingerprint density at radius 3 is 2.42 bits per heavy atom. The number of nitrogens with one attached hydrogen (secondary N) is 3. The van der Waals surface area contributed by atoms with Crippen molar-refractivity contribution in [2.24, 2.45) is 17.3 Å². The number of aromatic nitrogens is 1. The molecule has 0 spiro atoms. The maximum Gasteiger partial charge on any atom is 0.289 e. The number of amides is 3. The number of pyridine rings is 1. The van der Waals surface area contributed by atoms with Gasteiger partial charge >= 0.3 is 0 Å². The van der Waals surface area contributed by atoms with Crippen molar-refractivity contribution in [2.45, 2.75) is 32.4 Å². The standard InChI is InChI=1S/C26H28F3N5O4/c1-26(2)15-12-34(19(35)11-32-21-16(28)8-13(27)9-17(21)29)22(20(15)26)24(37)33-18(23(36)25(38)30-3)10-14-6-4-5-7-31-14/h4-9,15,18,20,22,32H,10-12H2,1-3H3,(H,30,38)(H,33,37)/t15?,18-,20-,22-/m0/s1. The number of likely N-dealkylation sites (N-methyl/N-ethyl adjacent to an activating group) is 1. The van der Waals surface area contributed by atoms with Crippen molar-refractivity contribution in [2.75, 3.05) is 25.5 Å². The van der Waals surface area contributed by atoms with Crippen LogP contribution in [0.2, 0.25) is 0 Å². The van der Waals surface area contributed by atoms with Gasteiger partial charge < -0.3 is 20.9 Å². The first kappa shape index (κ1) is 27.1. The van der Waals surface area contributed by atoms with Gasteiger partial charge in [-0.1, -0.05) is 19.9 Å². The second-order valence-electron chi connectivity index (χ2n) is 10.1. The number of fused-ring (bicyclic) bond motifs is 1. The molecule has 12 heteroatoms. The van der Waals surface area contributed by atoms with Crippen molar-refractivity contribution in [1.29, 1.82) is 0 Å². The fraction of sp³-hybridized carbons (Fsp3) is 0.423. The van der Waals surface area contributed by atoms with E-state index in [0.29, 0.717) is 17.8 Å². The number of likely N-dealkylation sites (tertiary alicyclic amines) is 1. The van der Waals surface area contributed by atoms with Crippen LogP contribution in [0.5, 0.6) is 0 Å². The summed E-state index contributed by atoms with van der Waals surface area (Å²) in [6, 6.07) is 3.84. The minimum Gasteiger partial charge on any atom is -0.371 e. The van der Waals surface area contributed by atoms with E-state index >= 15 is 0 Å². The molecule has 202 valence electrons. The van der Waals surface area contributed by atoms with Crippen LogP contribution in [0.4, 0.5) is 18.9 Å². The Labute approximate surface area is 217 Å². The third-order valence-corrected chi connectivity index (χ3v) is 7.44. The summed E-state index contributed by atoms with van der Waals surface area (Å²) in [5.41, 5.74) is -0.425. The van der Waals surface area contributed by atoms with Crippen molar-refractivity contribution in [3.05, 3.63) is 59.7 Å². The highest BCUT2D eigenvalue weighted by Crippen LogP contribution is 2.64. The average molecular weight is 532 g/mol. The van der Waals surface area contributed by atoms with Crippen LogP contribution < -0.4 is 16.0 Å². The summed E-state index contributed by atoms with van der Waals surface area (Å²) in [6.07, 6.45) is 1.48. The second-order valence-corrected chi connectivity index (χ2v) is 10.1. The number of ketones is 1. The van der Waals surface area contributed by atoms with Gasteiger partial charge in [0.25, 0.3) is 5.91 Å². The van der Waals surface area contributed by atoms with Crippen molar-refractivity contribution in [3.63, 3.8) is 0 Å². The SMILES string of the molecule is CNC(=O)C(=O)[C@H](Cc1ccccn1)NC(=O)[C@@H]1[C@@H]2C(CN1C(=O)CNc1c(F)cc(F)cc1F)C2(C)C. The highest BCUT2D eigenvalue weighted by molar-refractivity contribution is 6.38. The van der Waals surface area contributed by atoms with E-state index in [2.05, 4.69) is 20.9 Å². The van der Waals surface area contributed by atoms with E-state index in [1.165, 1.54) is 18.1 Å². The zero-order chi connectivity index (χ0) is 27.8. The first-order chi connectivity index (χ1) is 17.9. The topological polar surface area (TPSA) is 120 Å². The van der Waals surface area contributed by atoms with Crippen LogP contribution in [0.25, 0.3) is 0 Å². The number of carbonyl (C=O) groups is 4. The average Bonchev–Trinajstić information content (AvgIpc) is 3.19. The zero-order valence-corrected chi connectivity index (χ0v) is 21.1. The Morgan fingerprint density at radius 1 is 1.13 bits per heavy atom. The third-order valence-electron chi connectivity index (χ3n) is 7.44. The molecule has 1 saturated carbocycles. The number of halogens is 3. The quantitative estimate of drug-likeness (QED) is 0.421. The Kier molecular flexibility index (Phi) is 7.43. The molecule has 1 aliphatic heterocycles. The lowest BCUT2D eigenvalue weighted by Gasteiger charge is -2.31. The predicted octanol–water partition coefficient (Wildman–Crippen LogP) is 1.44. The number of carbonyl (C=O) groups excluding carboxylic acids is 4. The van der Waals surface area contributed by atoms with Gasteiger partial charge in [-0.25, -0.2) is 13.2 Å². The largest absolute Gasteiger partial charge is 0.371 e. The van der Waals surface area contributed by atoms with Crippen LogP contribution in [0.1, 0.15) is 19.5 Å². The Hall–Kier alpha value is -3.96. The van der Waals surface area contributed by atoms with E-state index in [1.807, 2.05) is 13.8 Å². The fourth-order valence-electron chi connectivity index (χ4n) is 5.30. The van der Waals surface area contributed by atoms with Gasteiger partial charge in [0.05, 0.1) is 6.54 Å². The van der Waals surface area contributed by atoms with Crippen LogP contribution in [0.3, 0.4) is 0 Å². The van der Waals surface area contributed by atoms with Gasteiger partial charge in [-0.2, -0.15) is 0 Å². The number of hydrogen-bond acceptors (Lipinski definition) is 6. The van der Waals surface area contributed by atoms with E-state index in [1.54, 1.807) is 18.2 Å². The summed E-state index contributed by atoms with van der Waals surface area (Å²) in [7, 11) is 1.30. The lowest BCUT2D eigenvalue weighted by Crippen LogP contribution is -2.56. The van der Waals surface area contributed by atoms with E-state index in [0.717, 1.165) is 0 Å². The highest BCUT2D eigenvalue weighted by atomic mass is 19.1. The molecule has 1 aromatic carbocycles. The first-order valence-corrected chi connectivity index (χ1v) is 12.1. The Bertz CT molecular complexity index is 1250. The van der Waals surface area contributed by atoms with Crippen LogP contribution in [0.15, 0.2) is 36.5 Å². The highest BCUT2D eigenvalue weighted by Gasteiger charge is 2.69. The van der Waals surface area contributed by atoms with Gasteiger partial charge in [-0.3, -0.25) is 24.2 Å². The molecule has 0 radical (unpaired) electrons. The van der Waals surface area contributed by atoms with E-state index in [4.69, 9.17) is 0 Å². The van der Waals surface area contributed by atoms with Gasteiger partial charge in [-0.15, -0.1) is 0 Å². The minimum atomic E-state index is -1.23. The minimum absolute atomic E-state index is 0.00498. The monoisotopic (exact) mass is 531 g/mol. The van der Waals surface area contributed by atoms with E-state index in [9.17, 15) is 32.3 Å². The normalized spacial score (nSPS) is 21.7. The van der Waals surface area contributed by atoms with Crippen LogP contribution in [-0.2, 0) is 25.6 Å². The number of hydrogen-bond donors (Lipinski definition) is 3. The molecule has 2 aliphatic rings. The second kappa shape index (κ2) is 10.4. The Morgan fingerprint density at radius 2 is 1.82 bits per heavy atom. The molecule has 9 nitrogen and oxygen atoms in total. The third kappa shape index (κ3) is 5.20. The number of Topliss-reactive ketones (excluding diaryl/α,β-unsaturated/α-hetero) is 1. The molecule has 2 aromatic rings. The molecule has 3 N–H and O–H groups in total. The summed E-state index contributed by atoms with van der Waals surface area (Å²) in [6.45, 7) is 3.62. The van der Waals surface area contributed by atoms with Gasteiger partial charge in [0.15, 0.2) is 11.6 Å². The number of anilines is 1.